The molecule has 1 unspecified atom stereocenters. The zero-order valence-corrected chi connectivity index (χ0v) is 10.4. The molecule has 0 radical (unpaired) electrons. The Kier molecular flexibility index (Phi) is 3.47. The summed E-state index contributed by atoms with van der Waals surface area (Å²) in [4.78, 5) is 4.12. The molecule has 0 bridgehead atoms. The number of aromatic nitrogens is 1. The van der Waals surface area contributed by atoms with E-state index in [0.717, 1.165) is 28.7 Å². The molecule has 90 valence electrons. The normalized spacial score (nSPS) is 12.6. The first-order valence-corrected chi connectivity index (χ1v) is 6.08. The summed E-state index contributed by atoms with van der Waals surface area (Å²) in [6.07, 6.45) is 4.80. The summed E-state index contributed by atoms with van der Waals surface area (Å²) in [5, 5.41) is 5.64. The number of hydrogen-bond acceptors (Lipinski definition) is 3. The van der Waals surface area contributed by atoms with Gasteiger partial charge in [0.1, 0.15) is 0 Å². The van der Waals surface area contributed by atoms with E-state index in [9.17, 15) is 0 Å². The molecule has 17 heavy (non-hydrogen) atoms. The van der Waals surface area contributed by atoms with Gasteiger partial charge in [-0.3, -0.25) is 4.98 Å². The fourth-order valence-electron chi connectivity index (χ4n) is 1.79. The van der Waals surface area contributed by atoms with Gasteiger partial charge < -0.3 is 11.1 Å². The van der Waals surface area contributed by atoms with Gasteiger partial charge in [0.15, 0.2) is 0 Å². The lowest BCUT2D eigenvalue weighted by atomic mass is 10.1. The van der Waals surface area contributed by atoms with Gasteiger partial charge in [-0.25, -0.2) is 0 Å². The maximum Gasteiger partial charge on any atom is 0.0422 e. The minimum atomic E-state index is 0.671. The monoisotopic (exact) mass is 229 g/mol. The molecule has 1 heterocycles. The van der Waals surface area contributed by atoms with E-state index < -0.39 is 0 Å². The maximum atomic E-state index is 5.94. The molecule has 1 aromatic heterocycles. The van der Waals surface area contributed by atoms with Crippen molar-refractivity contribution in [1.29, 1.82) is 0 Å². The predicted molar refractivity (Wildman–Crippen MR) is 74.1 cm³/mol. The van der Waals surface area contributed by atoms with Gasteiger partial charge in [0.05, 0.1) is 0 Å². The molecule has 0 aliphatic rings. The Hall–Kier alpha value is -1.77. The maximum absolute atomic E-state index is 5.94. The Morgan fingerprint density at radius 3 is 2.88 bits per heavy atom. The van der Waals surface area contributed by atoms with Crippen molar-refractivity contribution >= 4 is 22.1 Å². The van der Waals surface area contributed by atoms with Crippen LogP contribution >= 0.6 is 0 Å². The third kappa shape index (κ3) is 2.49. The third-order valence-corrected chi connectivity index (χ3v) is 3.19. The van der Waals surface area contributed by atoms with Gasteiger partial charge in [-0.1, -0.05) is 20.3 Å². The van der Waals surface area contributed by atoms with Crippen molar-refractivity contribution in [1.82, 2.24) is 4.98 Å². The van der Waals surface area contributed by atoms with Crippen LogP contribution in [-0.4, -0.2) is 11.5 Å². The average Bonchev–Trinajstić information content (AvgIpc) is 2.38. The quantitative estimate of drug-likeness (QED) is 0.791. The summed E-state index contributed by atoms with van der Waals surface area (Å²) in [6.45, 7) is 5.43. The highest BCUT2D eigenvalue weighted by Gasteiger charge is 2.05. The molecule has 1 aromatic carbocycles. The number of nitrogen functional groups attached to an aromatic ring is 1. The number of nitrogens with two attached hydrogens (primary N) is 1. The van der Waals surface area contributed by atoms with Gasteiger partial charge >= 0.3 is 0 Å². The van der Waals surface area contributed by atoms with Crippen LogP contribution in [0.15, 0.2) is 30.6 Å². The molecule has 0 spiro atoms. The molecule has 0 saturated heterocycles. The lowest BCUT2D eigenvalue weighted by Crippen LogP contribution is -2.10. The zero-order valence-electron chi connectivity index (χ0n) is 10.4. The molecule has 2 rings (SSSR count). The van der Waals surface area contributed by atoms with Crippen molar-refractivity contribution in [3.63, 3.8) is 0 Å². The van der Waals surface area contributed by atoms with E-state index in [1.54, 1.807) is 6.20 Å². The molecule has 1 atom stereocenters. The first-order chi connectivity index (χ1) is 8.22. The Balaban J connectivity index is 2.32. The van der Waals surface area contributed by atoms with Crippen molar-refractivity contribution < 1.29 is 0 Å². The molecule has 0 aliphatic carbocycles. The van der Waals surface area contributed by atoms with E-state index in [0.29, 0.717) is 5.92 Å². The zero-order chi connectivity index (χ0) is 12.3. The van der Waals surface area contributed by atoms with Crippen LogP contribution in [0.5, 0.6) is 0 Å². The smallest absolute Gasteiger partial charge is 0.0422 e. The highest BCUT2D eigenvalue weighted by Crippen LogP contribution is 2.27. The van der Waals surface area contributed by atoms with Crippen molar-refractivity contribution in [3.8, 4) is 0 Å². The van der Waals surface area contributed by atoms with Crippen molar-refractivity contribution in [2.24, 2.45) is 5.92 Å². The summed E-state index contributed by atoms with van der Waals surface area (Å²) in [7, 11) is 0. The van der Waals surface area contributed by atoms with Crippen LogP contribution in [0.1, 0.15) is 20.3 Å². The number of pyridine rings is 1. The van der Waals surface area contributed by atoms with Crippen molar-refractivity contribution in [2.75, 3.05) is 17.6 Å². The standard InChI is InChI=1S/C14H19N3/c1-3-10(2)8-17-14-5-4-13(15)12-9-16-7-6-11(12)14/h4-7,9-10,17H,3,8,15H2,1-2H3. The summed E-state index contributed by atoms with van der Waals surface area (Å²) >= 11 is 0. The van der Waals surface area contributed by atoms with Crippen LogP contribution in [0.25, 0.3) is 10.8 Å². The lowest BCUT2D eigenvalue weighted by Gasteiger charge is -2.14. The molecular formula is C14H19N3. The number of nitrogens with zero attached hydrogens (tertiary/aromatic N) is 1. The van der Waals surface area contributed by atoms with Crippen molar-refractivity contribution in [2.45, 2.75) is 20.3 Å². The molecule has 2 aromatic rings. The molecule has 0 fully saturated rings. The van der Waals surface area contributed by atoms with Gasteiger partial charge in [0, 0.05) is 41.1 Å². The molecule has 3 N–H and O–H groups in total. The summed E-state index contributed by atoms with van der Waals surface area (Å²) < 4.78 is 0. The van der Waals surface area contributed by atoms with E-state index in [1.165, 1.54) is 6.42 Å². The van der Waals surface area contributed by atoms with Crippen molar-refractivity contribution in [3.05, 3.63) is 30.6 Å². The summed E-state index contributed by atoms with van der Waals surface area (Å²) in [5.41, 5.74) is 7.86. The first kappa shape index (κ1) is 11.7. The summed E-state index contributed by atoms with van der Waals surface area (Å²) in [5.74, 6) is 0.671. The lowest BCUT2D eigenvalue weighted by molar-refractivity contribution is 0.594. The molecule has 0 saturated carbocycles. The SMILES string of the molecule is CCC(C)CNc1ccc(N)c2cnccc12. The second-order valence-electron chi connectivity index (χ2n) is 4.52. The fourth-order valence-corrected chi connectivity index (χ4v) is 1.79. The predicted octanol–water partition coefficient (Wildman–Crippen LogP) is 3.28. The molecule has 0 aliphatic heterocycles. The van der Waals surface area contributed by atoms with Crippen LogP contribution in [0.2, 0.25) is 0 Å². The van der Waals surface area contributed by atoms with Crippen LogP contribution in [0.4, 0.5) is 11.4 Å². The van der Waals surface area contributed by atoms with Gasteiger partial charge in [-0.2, -0.15) is 0 Å². The van der Waals surface area contributed by atoms with Gasteiger partial charge in [0.25, 0.3) is 0 Å². The largest absolute Gasteiger partial charge is 0.398 e. The highest BCUT2D eigenvalue weighted by atomic mass is 14.9. The van der Waals surface area contributed by atoms with E-state index >= 15 is 0 Å². The minimum Gasteiger partial charge on any atom is -0.398 e. The average molecular weight is 229 g/mol. The Labute approximate surface area is 102 Å². The van der Waals surface area contributed by atoms with Crippen LogP contribution in [-0.2, 0) is 0 Å². The van der Waals surface area contributed by atoms with E-state index in [2.05, 4.69) is 24.1 Å². The van der Waals surface area contributed by atoms with Crippen LogP contribution in [0, 0.1) is 5.92 Å². The highest BCUT2D eigenvalue weighted by molar-refractivity contribution is 6.00. The number of rotatable bonds is 4. The Morgan fingerprint density at radius 1 is 1.29 bits per heavy atom. The number of nitrogens with one attached hydrogen (secondary N) is 1. The second-order valence-corrected chi connectivity index (χ2v) is 4.52. The number of anilines is 2. The van der Waals surface area contributed by atoms with E-state index in [-0.39, 0.29) is 0 Å². The first-order valence-electron chi connectivity index (χ1n) is 6.08. The number of hydrogen-bond donors (Lipinski definition) is 2. The molecule has 3 heteroatoms. The molecule has 0 amide bonds. The van der Waals surface area contributed by atoms with E-state index in [4.69, 9.17) is 5.73 Å². The topological polar surface area (TPSA) is 50.9 Å². The number of fused-ring (bicyclic) bond motifs is 1. The Bertz CT molecular complexity index is 508. The third-order valence-electron chi connectivity index (χ3n) is 3.19. The number of benzene rings is 1. The van der Waals surface area contributed by atoms with Gasteiger partial charge in [0.2, 0.25) is 0 Å². The minimum absolute atomic E-state index is 0.671. The van der Waals surface area contributed by atoms with Gasteiger partial charge in [-0.05, 0) is 24.1 Å². The van der Waals surface area contributed by atoms with Crippen LogP contribution < -0.4 is 11.1 Å². The Morgan fingerprint density at radius 2 is 2.12 bits per heavy atom. The van der Waals surface area contributed by atoms with E-state index in [1.807, 2.05) is 24.4 Å². The van der Waals surface area contributed by atoms with Crippen LogP contribution in [0.3, 0.4) is 0 Å². The fraction of sp³-hybridized carbons (Fsp3) is 0.357. The second kappa shape index (κ2) is 5.04. The molecule has 3 nitrogen and oxygen atoms in total. The van der Waals surface area contributed by atoms with Gasteiger partial charge in [-0.15, -0.1) is 0 Å². The molecular weight excluding hydrogens is 210 g/mol. The summed E-state index contributed by atoms with van der Waals surface area (Å²) in [6, 6.07) is 5.98.